The van der Waals surface area contributed by atoms with Crippen LogP contribution in [0.25, 0.3) is 0 Å². The lowest BCUT2D eigenvalue weighted by atomic mass is 10.2. The van der Waals surface area contributed by atoms with Crippen LogP contribution in [0.3, 0.4) is 0 Å². The highest BCUT2D eigenvalue weighted by Gasteiger charge is 2.16. The molecule has 0 spiro atoms. The van der Waals surface area contributed by atoms with E-state index in [1.807, 2.05) is 0 Å². The van der Waals surface area contributed by atoms with E-state index in [-0.39, 0.29) is 24.3 Å². The number of amides is 1. The van der Waals surface area contributed by atoms with Crippen molar-refractivity contribution >= 4 is 11.7 Å². The maximum Gasteiger partial charge on any atom is 0.236 e. The minimum absolute atomic E-state index is 0.00981. The molecule has 0 aliphatic rings. The molecule has 0 aliphatic carbocycles. The largest absolute Gasteiger partial charge is 0.348 e. The number of likely N-dealkylation sites (N-methyl/N-ethyl adjacent to an activating group) is 2. The lowest BCUT2D eigenvalue weighted by Crippen LogP contribution is -2.41. The minimum Gasteiger partial charge on any atom is -0.348 e. The van der Waals surface area contributed by atoms with Gasteiger partial charge in [-0.3, -0.25) is 14.5 Å². The molecule has 1 unspecified atom stereocenters. The van der Waals surface area contributed by atoms with Crippen LogP contribution >= 0.6 is 0 Å². The van der Waals surface area contributed by atoms with Gasteiger partial charge < -0.3 is 4.90 Å². The van der Waals surface area contributed by atoms with Gasteiger partial charge in [0.05, 0.1) is 12.6 Å². The molecule has 76 valence electrons. The fourth-order valence-electron chi connectivity index (χ4n) is 0.802. The quantitative estimate of drug-likeness (QED) is 0.619. The minimum atomic E-state index is -0.191. The molecule has 4 heteroatoms. The van der Waals surface area contributed by atoms with E-state index in [1.54, 1.807) is 33.0 Å². The summed E-state index contributed by atoms with van der Waals surface area (Å²) in [5, 5.41) is 0. The highest BCUT2D eigenvalue weighted by atomic mass is 16.2. The van der Waals surface area contributed by atoms with Crippen LogP contribution in [-0.2, 0) is 9.59 Å². The van der Waals surface area contributed by atoms with Crippen LogP contribution in [0.1, 0.15) is 13.8 Å². The Kier molecular flexibility index (Phi) is 4.62. The normalized spacial score (nSPS) is 12.8. The fraction of sp³-hybridized carbons (Fsp3) is 0.778. The van der Waals surface area contributed by atoms with Crippen molar-refractivity contribution in [3.8, 4) is 0 Å². The number of hydrogen-bond acceptors (Lipinski definition) is 3. The Morgan fingerprint density at radius 1 is 1.23 bits per heavy atom. The van der Waals surface area contributed by atoms with Gasteiger partial charge >= 0.3 is 0 Å². The van der Waals surface area contributed by atoms with Crippen molar-refractivity contribution in [2.75, 3.05) is 27.7 Å². The zero-order chi connectivity index (χ0) is 10.6. The summed E-state index contributed by atoms with van der Waals surface area (Å²) in [7, 11) is 5.18. The molecule has 1 amide bonds. The summed E-state index contributed by atoms with van der Waals surface area (Å²) in [5.74, 6) is 0.0876. The van der Waals surface area contributed by atoms with E-state index < -0.39 is 0 Å². The van der Waals surface area contributed by atoms with Crippen molar-refractivity contribution in [3.63, 3.8) is 0 Å². The molecule has 0 saturated heterocycles. The first-order valence-corrected chi connectivity index (χ1v) is 4.27. The second-order valence-electron chi connectivity index (χ2n) is 3.49. The van der Waals surface area contributed by atoms with Gasteiger partial charge in [-0.25, -0.2) is 0 Å². The number of nitrogens with zero attached hydrogens (tertiary/aromatic N) is 2. The lowest BCUT2D eigenvalue weighted by molar-refractivity contribution is -0.131. The van der Waals surface area contributed by atoms with E-state index >= 15 is 0 Å². The van der Waals surface area contributed by atoms with Crippen molar-refractivity contribution in [2.24, 2.45) is 0 Å². The van der Waals surface area contributed by atoms with E-state index in [0.717, 1.165) is 0 Å². The summed E-state index contributed by atoms with van der Waals surface area (Å²) >= 11 is 0. The van der Waals surface area contributed by atoms with Gasteiger partial charge in [-0.05, 0) is 20.9 Å². The number of carbonyl (C=O) groups is 2. The van der Waals surface area contributed by atoms with Gasteiger partial charge in [0.25, 0.3) is 0 Å². The van der Waals surface area contributed by atoms with Crippen molar-refractivity contribution < 1.29 is 9.59 Å². The summed E-state index contributed by atoms with van der Waals surface area (Å²) in [6.45, 7) is 3.61. The van der Waals surface area contributed by atoms with Crippen LogP contribution in [0.2, 0.25) is 0 Å². The smallest absolute Gasteiger partial charge is 0.236 e. The third kappa shape index (κ3) is 4.03. The highest BCUT2D eigenvalue weighted by Crippen LogP contribution is 1.97. The molecule has 0 aromatic carbocycles. The first kappa shape index (κ1) is 12.1. The fourth-order valence-corrected chi connectivity index (χ4v) is 0.802. The number of ketones is 1. The van der Waals surface area contributed by atoms with E-state index in [0.29, 0.717) is 0 Å². The van der Waals surface area contributed by atoms with Crippen LogP contribution in [0.15, 0.2) is 0 Å². The van der Waals surface area contributed by atoms with Gasteiger partial charge in [0.1, 0.15) is 5.78 Å². The van der Waals surface area contributed by atoms with Gasteiger partial charge in [0.2, 0.25) is 5.91 Å². The van der Waals surface area contributed by atoms with Gasteiger partial charge in [0, 0.05) is 14.1 Å². The average molecular weight is 186 g/mol. The molecule has 0 radical (unpaired) electrons. The van der Waals surface area contributed by atoms with Crippen molar-refractivity contribution in [2.45, 2.75) is 19.9 Å². The third-order valence-corrected chi connectivity index (χ3v) is 2.13. The molecule has 13 heavy (non-hydrogen) atoms. The highest BCUT2D eigenvalue weighted by molar-refractivity contribution is 5.82. The molecule has 0 fully saturated rings. The maximum absolute atomic E-state index is 11.3. The summed E-state index contributed by atoms with van der Waals surface area (Å²) in [6, 6.07) is -0.191. The molecule has 4 nitrogen and oxygen atoms in total. The molecular formula is C9H18N2O2. The molecule has 0 aromatic rings. The third-order valence-electron chi connectivity index (χ3n) is 2.13. The number of Topliss-reactive ketones (excluding diaryl/α,β-unsaturated/α-hetero) is 1. The summed E-state index contributed by atoms with van der Waals surface area (Å²) in [4.78, 5) is 25.5. The number of carbonyl (C=O) groups excluding carboxylic acids is 2. The Balaban J connectivity index is 4.07. The monoisotopic (exact) mass is 186 g/mol. The predicted octanol–water partition coefficient (Wildman–Crippen LogP) is -0.0161. The van der Waals surface area contributed by atoms with Crippen LogP contribution in [0.5, 0.6) is 0 Å². The summed E-state index contributed by atoms with van der Waals surface area (Å²) < 4.78 is 0. The zero-order valence-electron chi connectivity index (χ0n) is 9.00. The number of hydrogen-bond donors (Lipinski definition) is 0. The van der Waals surface area contributed by atoms with Crippen LogP contribution in [-0.4, -0.2) is 55.2 Å². The average Bonchev–Trinajstić information content (AvgIpc) is 2.02. The van der Waals surface area contributed by atoms with Crippen molar-refractivity contribution in [3.05, 3.63) is 0 Å². The lowest BCUT2D eigenvalue weighted by Gasteiger charge is -2.23. The van der Waals surface area contributed by atoms with E-state index in [9.17, 15) is 9.59 Å². The summed E-state index contributed by atoms with van der Waals surface area (Å²) in [5.41, 5.74) is 0. The molecule has 1 atom stereocenters. The Labute approximate surface area is 79.5 Å². The molecule has 0 aromatic heterocycles. The molecule has 0 heterocycles. The van der Waals surface area contributed by atoms with Crippen molar-refractivity contribution in [1.29, 1.82) is 0 Å². The second-order valence-corrected chi connectivity index (χ2v) is 3.49. The predicted molar refractivity (Wildman–Crippen MR) is 51.5 cm³/mol. The Morgan fingerprint density at radius 3 is 2.00 bits per heavy atom. The maximum atomic E-state index is 11.3. The molecule has 0 N–H and O–H groups in total. The standard InChI is InChI=1S/C9H18N2O2/c1-7(8(2)12)11(5)6-9(13)10(3)4/h7H,6H2,1-5H3. The van der Waals surface area contributed by atoms with Crippen LogP contribution in [0.4, 0.5) is 0 Å². The molecule has 0 aliphatic heterocycles. The SMILES string of the molecule is CC(=O)C(C)N(C)CC(=O)N(C)C. The van der Waals surface area contributed by atoms with Gasteiger partial charge in [-0.2, -0.15) is 0 Å². The molecule has 0 bridgehead atoms. The van der Waals surface area contributed by atoms with Crippen LogP contribution < -0.4 is 0 Å². The van der Waals surface area contributed by atoms with E-state index in [4.69, 9.17) is 0 Å². The first-order chi connectivity index (χ1) is 5.86. The second kappa shape index (κ2) is 4.97. The van der Waals surface area contributed by atoms with Crippen LogP contribution in [0, 0.1) is 0 Å². The summed E-state index contributed by atoms with van der Waals surface area (Å²) in [6.07, 6.45) is 0. The Morgan fingerprint density at radius 2 is 1.69 bits per heavy atom. The molecular weight excluding hydrogens is 168 g/mol. The first-order valence-electron chi connectivity index (χ1n) is 4.27. The van der Waals surface area contributed by atoms with Gasteiger partial charge in [-0.15, -0.1) is 0 Å². The topological polar surface area (TPSA) is 40.6 Å². The number of rotatable bonds is 4. The van der Waals surface area contributed by atoms with E-state index in [1.165, 1.54) is 11.8 Å². The van der Waals surface area contributed by atoms with Gasteiger partial charge in [-0.1, -0.05) is 0 Å². The Bertz CT molecular complexity index is 202. The zero-order valence-corrected chi connectivity index (χ0v) is 9.00. The van der Waals surface area contributed by atoms with Crippen molar-refractivity contribution in [1.82, 2.24) is 9.80 Å². The van der Waals surface area contributed by atoms with E-state index in [2.05, 4.69) is 0 Å². The molecule has 0 rings (SSSR count). The van der Waals surface area contributed by atoms with Gasteiger partial charge in [0.15, 0.2) is 0 Å². The molecule has 0 saturated carbocycles. The Hall–Kier alpha value is -0.900.